The number of aromatic nitrogens is 4. The topological polar surface area (TPSA) is 95.1 Å². The molecule has 1 amide bonds. The van der Waals surface area contributed by atoms with Gasteiger partial charge in [0.2, 0.25) is 0 Å². The van der Waals surface area contributed by atoms with Crippen molar-refractivity contribution in [2.75, 3.05) is 11.9 Å². The highest BCUT2D eigenvalue weighted by Crippen LogP contribution is 2.30. The first-order valence-corrected chi connectivity index (χ1v) is 11.6. The van der Waals surface area contributed by atoms with E-state index in [0.29, 0.717) is 30.2 Å². The van der Waals surface area contributed by atoms with E-state index in [0.717, 1.165) is 40.0 Å². The molecule has 5 aromatic rings. The van der Waals surface area contributed by atoms with Crippen LogP contribution in [0.2, 0.25) is 0 Å². The minimum absolute atomic E-state index is 0.300. The fourth-order valence-electron chi connectivity index (χ4n) is 4.00. The number of hydrogen-bond donors (Lipinski definition) is 1. The van der Waals surface area contributed by atoms with Crippen molar-refractivity contribution in [3.8, 4) is 22.8 Å². The zero-order valence-electron chi connectivity index (χ0n) is 19.6. The molecule has 0 bridgehead atoms. The Morgan fingerprint density at radius 2 is 1.83 bits per heavy atom. The first kappa shape index (κ1) is 22.3. The van der Waals surface area contributed by atoms with Crippen LogP contribution in [0.15, 0.2) is 77.3 Å². The molecule has 0 saturated heterocycles. The molecule has 35 heavy (non-hydrogen) atoms. The summed E-state index contributed by atoms with van der Waals surface area (Å²) in [4.78, 5) is 13.1. The molecule has 0 unspecified atom stereocenters. The van der Waals surface area contributed by atoms with Gasteiger partial charge in [0.1, 0.15) is 11.3 Å². The number of amides is 1. The summed E-state index contributed by atoms with van der Waals surface area (Å²) in [5.74, 6) is 1.13. The molecule has 0 aliphatic rings. The number of anilines is 1. The minimum Gasteiger partial charge on any atom is -0.494 e. The van der Waals surface area contributed by atoms with Crippen LogP contribution in [0.1, 0.15) is 36.5 Å². The monoisotopic (exact) mass is 467 g/mol. The number of carbonyl (C=O) groups is 1. The van der Waals surface area contributed by atoms with Gasteiger partial charge in [0.25, 0.3) is 5.91 Å². The standard InChI is InChI=1S/C27H25N5O3/c1-3-8-24-25(27(33)28-19-11-14-21(15-12-19)34-4-2)29-31-32(24)20-13-16-23-22(17-20)26(35-30-23)18-9-6-5-7-10-18/h5-7,9-17H,3-4,8H2,1-2H3,(H,28,33). The highest BCUT2D eigenvalue weighted by molar-refractivity contribution is 6.03. The smallest absolute Gasteiger partial charge is 0.278 e. The number of hydrogen-bond acceptors (Lipinski definition) is 6. The first-order chi connectivity index (χ1) is 17.2. The van der Waals surface area contributed by atoms with Crippen LogP contribution in [-0.2, 0) is 6.42 Å². The Kier molecular flexibility index (Phi) is 6.26. The lowest BCUT2D eigenvalue weighted by atomic mass is 10.1. The second-order valence-corrected chi connectivity index (χ2v) is 8.04. The summed E-state index contributed by atoms with van der Waals surface area (Å²) in [6.07, 6.45) is 1.48. The van der Waals surface area contributed by atoms with E-state index in [1.165, 1.54) is 0 Å². The quantitative estimate of drug-likeness (QED) is 0.315. The van der Waals surface area contributed by atoms with Crippen LogP contribution in [0, 0.1) is 0 Å². The number of nitrogens with zero attached hydrogens (tertiary/aromatic N) is 4. The molecule has 8 nitrogen and oxygen atoms in total. The summed E-state index contributed by atoms with van der Waals surface area (Å²) in [5, 5.41) is 16.5. The molecule has 1 N–H and O–H groups in total. The lowest BCUT2D eigenvalue weighted by molar-refractivity contribution is 0.102. The van der Waals surface area contributed by atoms with Crippen molar-refractivity contribution in [3.05, 3.63) is 84.2 Å². The van der Waals surface area contributed by atoms with Crippen molar-refractivity contribution in [3.63, 3.8) is 0 Å². The van der Waals surface area contributed by atoms with E-state index in [-0.39, 0.29) is 5.91 Å². The molecule has 3 aromatic carbocycles. The van der Waals surface area contributed by atoms with Crippen LogP contribution in [0.3, 0.4) is 0 Å². The van der Waals surface area contributed by atoms with Crippen LogP contribution in [0.4, 0.5) is 5.69 Å². The van der Waals surface area contributed by atoms with Gasteiger partial charge in [-0.15, -0.1) is 5.10 Å². The molecule has 8 heteroatoms. The minimum atomic E-state index is -0.306. The third-order valence-electron chi connectivity index (χ3n) is 5.63. The third kappa shape index (κ3) is 4.50. The molecule has 0 atom stereocenters. The normalized spacial score (nSPS) is 11.0. The molecule has 0 radical (unpaired) electrons. The van der Waals surface area contributed by atoms with Crippen LogP contribution >= 0.6 is 0 Å². The zero-order valence-corrected chi connectivity index (χ0v) is 19.6. The van der Waals surface area contributed by atoms with Crippen LogP contribution in [0.25, 0.3) is 27.9 Å². The van der Waals surface area contributed by atoms with Crippen LogP contribution in [-0.4, -0.2) is 32.7 Å². The largest absolute Gasteiger partial charge is 0.494 e. The fraction of sp³-hybridized carbons (Fsp3) is 0.185. The number of nitrogens with one attached hydrogen (secondary N) is 1. The molecule has 0 saturated carbocycles. The second-order valence-electron chi connectivity index (χ2n) is 8.04. The molecule has 0 aliphatic heterocycles. The van der Waals surface area contributed by atoms with Gasteiger partial charge in [-0.2, -0.15) is 0 Å². The molecule has 5 rings (SSSR count). The number of ether oxygens (including phenoxy) is 1. The Balaban J connectivity index is 1.48. The summed E-state index contributed by atoms with van der Waals surface area (Å²) in [7, 11) is 0. The molecule has 0 aliphatic carbocycles. The lowest BCUT2D eigenvalue weighted by Gasteiger charge is -2.09. The van der Waals surface area contributed by atoms with E-state index < -0.39 is 0 Å². The Morgan fingerprint density at radius 1 is 1.03 bits per heavy atom. The van der Waals surface area contributed by atoms with Gasteiger partial charge in [-0.1, -0.05) is 54.0 Å². The van der Waals surface area contributed by atoms with E-state index in [4.69, 9.17) is 9.26 Å². The van der Waals surface area contributed by atoms with E-state index in [2.05, 4.69) is 27.7 Å². The Labute approximate surface area is 202 Å². The van der Waals surface area contributed by atoms with Gasteiger partial charge in [0.15, 0.2) is 11.5 Å². The molecular formula is C27H25N5O3. The predicted octanol–water partition coefficient (Wildman–Crippen LogP) is 5.68. The van der Waals surface area contributed by atoms with Crippen molar-refractivity contribution in [1.29, 1.82) is 0 Å². The van der Waals surface area contributed by atoms with Crippen molar-refractivity contribution in [1.82, 2.24) is 20.2 Å². The Bertz CT molecular complexity index is 1460. The Hall–Kier alpha value is -4.46. The van der Waals surface area contributed by atoms with Crippen molar-refractivity contribution in [2.45, 2.75) is 26.7 Å². The summed E-state index contributed by atoms with van der Waals surface area (Å²) in [6.45, 7) is 4.57. The van der Waals surface area contributed by atoms with Crippen molar-refractivity contribution in [2.24, 2.45) is 0 Å². The Morgan fingerprint density at radius 3 is 2.57 bits per heavy atom. The van der Waals surface area contributed by atoms with Gasteiger partial charge in [-0.3, -0.25) is 4.79 Å². The van der Waals surface area contributed by atoms with Gasteiger partial charge in [-0.05, 0) is 55.8 Å². The average molecular weight is 468 g/mol. The number of benzene rings is 3. The van der Waals surface area contributed by atoms with E-state index >= 15 is 0 Å². The molecule has 2 aromatic heterocycles. The van der Waals surface area contributed by atoms with Gasteiger partial charge in [-0.25, -0.2) is 4.68 Å². The van der Waals surface area contributed by atoms with Crippen LogP contribution < -0.4 is 10.1 Å². The molecule has 0 spiro atoms. The lowest BCUT2D eigenvalue weighted by Crippen LogP contribution is -2.15. The van der Waals surface area contributed by atoms with E-state index in [1.54, 1.807) is 16.8 Å². The van der Waals surface area contributed by atoms with E-state index in [9.17, 15) is 4.79 Å². The maximum absolute atomic E-state index is 13.1. The van der Waals surface area contributed by atoms with Crippen molar-refractivity contribution >= 4 is 22.5 Å². The second kappa shape index (κ2) is 9.80. The number of rotatable bonds is 8. The third-order valence-corrected chi connectivity index (χ3v) is 5.63. The summed E-state index contributed by atoms with van der Waals surface area (Å²) < 4.78 is 12.8. The number of fused-ring (bicyclic) bond motifs is 1. The average Bonchev–Trinajstić information content (AvgIpc) is 3.50. The predicted molar refractivity (Wildman–Crippen MR) is 134 cm³/mol. The number of carbonyl (C=O) groups excluding carboxylic acids is 1. The molecule has 2 heterocycles. The molecule has 176 valence electrons. The van der Waals surface area contributed by atoms with E-state index in [1.807, 2.05) is 67.6 Å². The highest BCUT2D eigenvalue weighted by Gasteiger charge is 2.21. The maximum Gasteiger partial charge on any atom is 0.278 e. The zero-order chi connectivity index (χ0) is 24.2. The van der Waals surface area contributed by atoms with Crippen molar-refractivity contribution < 1.29 is 14.1 Å². The SMILES string of the molecule is CCCc1c(C(=O)Nc2ccc(OCC)cc2)nnn1-c1ccc2noc(-c3ccccc3)c2c1. The fourth-order valence-corrected chi connectivity index (χ4v) is 4.00. The first-order valence-electron chi connectivity index (χ1n) is 11.6. The van der Waals surface area contributed by atoms with Gasteiger partial charge < -0.3 is 14.6 Å². The molecule has 0 fully saturated rings. The maximum atomic E-state index is 13.1. The van der Waals surface area contributed by atoms with Gasteiger partial charge >= 0.3 is 0 Å². The van der Waals surface area contributed by atoms with Gasteiger partial charge in [0.05, 0.1) is 23.4 Å². The van der Waals surface area contributed by atoms with Crippen LogP contribution in [0.5, 0.6) is 5.75 Å². The highest BCUT2D eigenvalue weighted by atomic mass is 16.5. The summed E-state index contributed by atoms with van der Waals surface area (Å²) in [6, 6.07) is 22.8. The van der Waals surface area contributed by atoms with Gasteiger partial charge in [0, 0.05) is 11.3 Å². The molecular weight excluding hydrogens is 442 g/mol. The summed E-state index contributed by atoms with van der Waals surface area (Å²) in [5.41, 5.74) is 4.18. The summed E-state index contributed by atoms with van der Waals surface area (Å²) >= 11 is 0.